The van der Waals surface area contributed by atoms with Gasteiger partial charge in [0.15, 0.2) is 5.82 Å². The average Bonchev–Trinajstić information content (AvgIpc) is 3.95. The second-order valence-electron chi connectivity index (χ2n) is 12.5. The summed E-state index contributed by atoms with van der Waals surface area (Å²) in [4.78, 5) is 22.6. The van der Waals surface area contributed by atoms with Gasteiger partial charge in [-0.1, -0.05) is 6.07 Å². The van der Waals surface area contributed by atoms with Crippen LogP contribution in [0, 0.1) is 23.0 Å². The molecule has 3 N–H and O–H groups in total. The Labute approximate surface area is 313 Å². The molecule has 0 aliphatic carbocycles. The number of thiophene rings is 1. The maximum Gasteiger partial charge on any atom is 0.417 e. The van der Waals surface area contributed by atoms with Crippen LogP contribution in [0.2, 0.25) is 0 Å². The molecule has 2 aromatic heterocycles. The van der Waals surface area contributed by atoms with Crippen LogP contribution in [0.3, 0.4) is 0 Å². The molecule has 18 heteroatoms. The minimum absolute atomic E-state index is 0.0444. The van der Waals surface area contributed by atoms with Crippen molar-refractivity contribution in [1.82, 2.24) is 19.8 Å². The van der Waals surface area contributed by atoms with Crippen molar-refractivity contribution in [3.05, 3.63) is 41.0 Å². The van der Waals surface area contributed by atoms with E-state index in [0.717, 1.165) is 57.1 Å². The maximum absolute atomic E-state index is 15.9. The summed E-state index contributed by atoms with van der Waals surface area (Å²) in [6, 6.07) is 4.75. The number of methoxy groups -OCH3 is 3. The molecule has 7 rings (SSSR count). The van der Waals surface area contributed by atoms with Crippen molar-refractivity contribution >= 4 is 49.2 Å². The van der Waals surface area contributed by atoms with Gasteiger partial charge in [0.05, 0.1) is 30.0 Å². The van der Waals surface area contributed by atoms with Crippen LogP contribution in [-0.4, -0.2) is 99.2 Å². The van der Waals surface area contributed by atoms with Gasteiger partial charge in [-0.05, 0) is 63.3 Å². The van der Waals surface area contributed by atoms with E-state index in [-0.39, 0.29) is 56.1 Å². The van der Waals surface area contributed by atoms with Gasteiger partial charge in [0.1, 0.15) is 34.4 Å². The molecule has 2 aromatic carbocycles. The standard InChI is InChI=1S/C21H14F5N5OS.C7H12FN.C6H11NO2.C2H6O/c1-3-29-19-9-6-11(21(24,25)26)14(15(23)16(9)30-20(31-19)32-2)8-4-5-12(22)17-13(8)10(7-27)18(28)33-17;8-6-4-7-2-1-3-9(7)5-6;1-9-6(8)7-4-2-3-5-7;1-3-2/h4-6H,3,28H2,1-2H3,(H,29,30,31);6-7H,1-5H2;2-5H2,1H3;1-2H3. The number of hydrogen-bond donors (Lipinski definition) is 2. The molecule has 0 saturated carbocycles. The topological polar surface area (TPSA) is 139 Å². The van der Waals surface area contributed by atoms with Gasteiger partial charge in [0.25, 0.3) is 0 Å². The molecule has 0 spiro atoms. The van der Waals surface area contributed by atoms with Gasteiger partial charge in [-0.15, -0.1) is 11.3 Å². The molecule has 3 saturated heterocycles. The van der Waals surface area contributed by atoms with Crippen LogP contribution in [0.1, 0.15) is 50.2 Å². The van der Waals surface area contributed by atoms with Gasteiger partial charge in [0.2, 0.25) is 0 Å². The largest absolute Gasteiger partial charge is 0.467 e. The summed E-state index contributed by atoms with van der Waals surface area (Å²) >= 11 is 0.698. The highest BCUT2D eigenvalue weighted by atomic mass is 32.1. The minimum atomic E-state index is -5.00. The predicted molar refractivity (Wildman–Crippen MR) is 195 cm³/mol. The van der Waals surface area contributed by atoms with Crippen LogP contribution in [0.5, 0.6) is 6.01 Å². The number of nitrogens with two attached hydrogens (primary N) is 1. The molecule has 2 atom stereocenters. The number of nitrogens with zero attached hydrogens (tertiary/aromatic N) is 5. The number of carbonyl (C=O) groups excluding carboxylic acids is 1. The molecule has 4 aromatic rings. The number of likely N-dealkylation sites (tertiary alicyclic amines) is 1. The summed E-state index contributed by atoms with van der Waals surface area (Å²) < 4.78 is 99.0. The Morgan fingerprint density at radius 2 is 1.80 bits per heavy atom. The molecule has 3 aliphatic rings. The fraction of sp³-hybridized carbons (Fsp3) is 0.500. The Balaban J connectivity index is 0.000000248. The van der Waals surface area contributed by atoms with Crippen molar-refractivity contribution in [2.45, 2.75) is 57.4 Å². The third kappa shape index (κ3) is 9.36. The van der Waals surface area contributed by atoms with E-state index < -0.39 is 40.6 Å². The SMILES string of the molecule is CCNc1nc(OC)nc2c(F)c(-c3ccc(F)c4sc(N)c(C#N)c34)c(C(F)(F)F)cc12.COC.COC(=O)N1CCCC1.FC1CC2CCCN2C1. The summed E-state index contributed by atoms with van der Waals surface area (Å²) in [6.45, 7) is 5.57. The van der Waals surface area contributed by atoms with E-state index in [1.54, 1.807) is 32.1 Å². The van der Waals surface area contributed by atoms with Gasteiger partial charge in [0, 0.05) is 62.8 Å². The van der Waals surface area contributed by atoms with Gasteiger partial charge < -0.3 is 30.2 Å². The second kappa shape index (κ2) is 18.6. The number of nitrogen functional groups attached to an aromatic ring is 1. The van der Waals surface area contributed by atoms with E-state index in [4.69, 9.17) is 10.5 Å². The molecule has 3 fully saturated rings. The summed E-state index contributed by atoms with van der Waals surface area (Å²) in [5.74, 6) is -2.15. The highest BCUT2D eigenvalue weighted by Gasteiger charge is 2.38. The number of nitrogens with one attached hydrogen (secondary N) is 1. The number of ether oxygens (including phenoxy) is 3. The van der Waals surface area contributed by atoms with E-state index >= 15 is 4.39 Å². The summed E-state index contributed by atoms with van der Waals surface area (Å²) in [7, 11) is 5.90. The fourth-order valence-corrected chi connectivity index (χ4v) is 7.60. The predicted octanol–water partition coefficient (Wildman–Crippen LogP) is 8.01. The number of hydrogen-bond acceptors (Lipinski definition) is 11. The highest BCUT2D eigenvalue weighted by molar-refractivity contribution is 7.23. The first-order valence-electron chi connectivity index (χ1n) is 17.2. The van der Waals surface area contributed by atoms with Crippen molar-refractivity contribution in [2.75, 3.05) is 72.2 Å². The third-order valence-corrected chi connectivity index (χ3v) is 9.97. The summed E-state index contributed by atoms with van der Waals surface area (Å²) in [5.41, 5.74) is 2.59. The molecule has 0 radical (unpaired) electrons. The van der Waals surface area contributed by atoms with E-state index in [1.807, 2.05) is 0 Å². The van der Waals surface area contributed by atoms with Crippen LogP contribution in [0.15, 0.2) is 18.2 Å². The fourth-order valence-electron chi connectivity index (χ4n) is 6.65. The Kier molecular flexibility index (Phi) is 14.5. The lowest BCUT2D eigenvalue weighted by Crippen LogP contribution is -2.27. The van der Waals surface area contributed by atoms with Crippen LogP contribution in [-0.2, 0) is 15.7 Å². The normalized spacial score (nSPS) is 17.8. The maximum atomic E-state index is 15.9. The number of aromatic nitrogens is 2. The van der Waals surface area contributed by atoms with Crippen LogP contribution >= 0.6 is 11.3 Å². The summed E-state index contributed by atoms with van der Waals surface area (Å²) in [5, 5.41) is 11.8. The Bertz CT molecular complexity index is 1950. The number of anilines is 2. The molecule has 2 unspecified atom stereocenters. The van der Waals surface area contributed by atoms with Crippen molar-refractivity contribution in [3.63, 3.8) is 0 Å². The molecule has 0 bridgehead atoms. The van der Waals surface area contributed by atoms with Crippen LogP contribution < -0.4 is 15.8 Å². The number of fused-ring (bicyclic) bond motifs is 3. The number of carbonyl (C=O) groups is 1. The van der Waals surface area contributed by atoms with E-state index in [1.165, 1.54) is 27.1 Å². The average molecular weight is 784 g/mol. The third-order valence-electron chi connectivity index (χ3n) is 8.94. The van der Waals surface area contributed by atoms with Crippen molar-refractivity contribution in [2.24, 2.45) is 0 Å². The van der Waals surface area contributed by atoms with Crippen molar-refractivity contribution < 1.29 is 45.3 Å². The zero-order valence-corrected chi connectivity index (χ0v) is 31.4. The first-order valence-corrected chi connectivity index (χ1v) is 18.0. The summed E-state index contributed by atoms with van der Waals surface area (Å²) in [6.07, 6.45) is -0.131. The zero-order chi connectivity index (χ0) is 39.7. The number of benzene rings is 2. The van der Waals surface area contributed by atoms with Crippen molar-refractivity contribution in [3.8, 4) is 23.2 Å². The van der Waals surface area contributed by atoms with E-state index in [9.17, 15) is 32.0 Å². The van der Waals surface area contributed by atoms with Gasteiger partial charge in [-0.3, -0.25) is 4.90 Å². The highest BCUT2D eigenvalue weighted by Crippen LogP contribution is 2.47. The quantitative estimate of drug-likeness (QED) is 0.196. The van der Waals surface area contributed by atoms with E-state index in [2.05, 4.69) is 29.7 Å². The molecular formula is C36H43F6N7O4S. The van der Waals surface area contributed by atoms with Gasteiger partial charge >= 0.3 is 18.3 Å². The lowest BCUT2D eigenvalue weighted by molar-refractivity contribution is -0.137. The number of rotatable bonds is 4. The van der Waals surface area contributed by atoms with Crippen LogP contribution in [0.25, 0.3) is 32.1 Å². The zero-order valence-electron chi connectivity index (χ0n) is 30.6. The van der Waals surface area contributed by atoms with Crippen LogP contribution in [0.4, 0.5) is 42.0 Å². The first-order chi connectivity index (χ1) is 25.7. The molecule has 3 aliphatic heterocycles. The number of amides is 1. The van der Waals surface area contributed by atoms with E-state index in [0.29, 0.717) is 23.9 Å². The Hall–Kier alpha value is -4.60. The molecule has 294 valence electrons. The number of halogens is 6. The minimum Gasteiger partial charge on any atom is -0.467 e. The first kappa shape index (κ1) is 42.1. The second-order valence-corrected chi connectivity index (χ2v) is 13.6. The molecule has 11 nitrogen and oxygen atoms in total. The number of alkyl halides is 4. The van der Waals surface area contributed by atoms with Crippen molar-refractivity contribution in [1.29, 1.82) is 5.26 Å². The molecule has 5 heterocycles. The Morgan fingerprint density at radius 3 is 2.37 bits per heavy atom. The molecule has 1 amide bonds. The Morgan fingerprint density at radius 1 is 1.11 bits per heavy atom. The lowest BCUT2D eigenvalue weighted by atomic mass is 9.92. The smallest absolute Gasteiger partial charge is 0.417 e. The van der Waals surface area contributed by atoms with Gasteiger partial charge in [-0.25, -0.2) is 18.0 Å². The number of nitriles is 1. The monoisotopic (exact) mass is 783 g/mol. The molecular weight excluding hydrogens is 740 g/mol. The lowest BCUT2D eigenvalue weighted by Gasteiger charge is -2.18. The molecule has 54 heavy (non-hydrogen) atoms. The van der Waals surface area contributed by atoms with Gasteiger partial charge in [-0.2, -0.15) is 28.4 Å².